The molecule has 0 aliphatic carbocycles. The summed E-state index contributed by atoms with van der Waals surface area (Å²) < 4.78 is 13.0. The van der Waals surface area contributed by atoms with E-state index in [1.54, 1.807) is 18.3 Å². The maximum absolute atomic E-state index is 13.0. The van der Waals surface area contributed by atoms with Crippen molar-refractivity contribution in [1.29, 1.82) is 0 Å². The number of aromatic amines is 1. The summed E-state index contributed by atoms with van der Waals surface area (Å²) in [5.74, 6) is -0.337. The monoisotopic (exact) mass is 324 g/mol. The van der Waals surface area contributed by atoms with Crippen molar-refractivity contribution in [2.45, 2.75) is 6.42 Å². The molecule has 2 heterocycles. The van der Waals surface area contributed by atoms with E-state index in [9.17, 15) is 9.18 Å². The van der Waals surface area contributed by atoms with Gasteiger partial charge in [-0.1, -0.05) is 0 Å². The van der Waals surface area contributed by atoms with Crippen LogP contribution < -0.4 is 5.32 Å². The zero-order valence-electron chi connectivity index (χ0n) is 12.0. The number of benzene rings is 1. The quantitative estimate of drug-likeness (QED) is 0.889. The Morgan fingerprint density at radius 3 is 2.73 bits per heavy atom. The Bertz CT molecular complexity index is 621. The van der Waals surface area contributed by atoms with E-state index < -0.39 is 0 Å². The third-order valence-electron chi connectivity index (χ3n) is 3.63. The SMILES string of the molecule is Cl.O=C(c1cn[nH]c1-c1ccc(F)cc1)N1CCCNCC1. The minimum atomic E-state index is -0.301. The Balaban J connectivity index is 0.00000176. The number of amides is 1. The van der Waals surface area contributed by atoms with E-state index in [0.29, 0.717) is 17.8 Å². The van der Waals surface area contributed by atoms with Gasteiger partial charge in [-0.3, -0.25) is 9.89 Å². The van der Waals surface area contributed by atoms with Gasteiger partial charge in [-0.25, -0.2) is 4.39 Å². The lowest BCUT2D eigenvalue weighted by Gasteiger charge is -2.19. The van der Waals surface area contributed by atoms with Crippen LogP contribution in [0.3, 0.4) is 0 Å². The van der Waals surface area contributed by atoms with Crippen LogP contribution in [0.4, 0.5) is 4.39 Å². The first-order chi connectivity index (χ1) is 10.3. The van der Waals surface area contributed by atoms with Crippen molar-refractivity contribution in [1.82, 2.24) is 20.4 Å². The summed E-state index contributed by atoms with van der Waals surface area (Å²) in [6.45, 7) is 3.15. The Kier molecular flexibility index (Phi) is 5.51. The average molecular weight is 325 g/mol. The number of nitrogens with zero attached hydrogens (tertiary/aromatic N) is 2. The molecule has 1 amide bonds. The van der Waals surface area contributed by atoms with Crippen LogP contribution in [0.15, 0.2) is 30.5 Å². The van der Waals surface area contributed by atoms with Crippen LogP contribution in [0.5, 0.6) is 0 Å². The van der Waals surface area contributed by atoms with Crippen molar-refractivity contribution >= 4 is 18.3 Å². The van der Waals surface area contributed by atoms with Crippen molar-refractivity contribution in [3.8, 4) is 11.3 Å². The maximum Gasteiger partial charge on any atom is 0.257 e. The molecule has 1 aromatic carbocycles. The molecule has 0 radical (unpaired) electrons. The molecule has 7 heteroatoms. The molecule has 5 nitrogen and oxygen atoms in total. The summed E-state index contributed by atoms with van der Waals surface area (Å²) in [6.07, 6.45) is 2.48. The molecule has 22 heavy (non-hydrogen) atoms. The first-order valence-electron chi connectivity index (χ1n) is 7.05. The highest BCUT2D eigenvalue weighted by Crippen LogP contribution is 2.22. The molecule has 1 aliphatic heterocycles. The lowest BCUT2D eigenvalue weighted by atomic mass is 10.1. The number of halogens is 2. The van der Waals surface area contributed by atoms with Gasteiger partial charge in [-0.2, -0.15) is 5.10 Å². The first-order valence-corrected chi connectivity index (χ1v) is 7.05. The summed E-state index contributed by atoms with van der Waals surface area (Å²) in [7, 11) is 0. The van der Waals surface area contributed by atoms with Crippen molar-refractivity contribution in [2.75, 3.05) is 26.2 Å². The standard InChI is InChI=1S/C15H17FN4O.ClH/c16-12-4-2-11(3-5-12)14-13(10-18-19-14)15(21)20-8-1-6-17-7-9-20;/h2-5,10,17H,1,6-9H2,(H,18,19);1H. The second-order valence-corrected chi connectivity index (χ2v) is 5.06. The predicted molar refractivity (Wildman–Crippen MR) is 84.6 cm³/mol. The van der Waals surface area contributed by atoms with Crippen LogP contribution in [0.25, 0.3) is 11.3 Å². The summed E-state index contributed by atoms with van der Waals surface area (Å²) in [5, 5.41) is 10.1. The van der Waals surface area contributed by atoms with E-state index in [2.05, 4.69) is 15.5 Å². The van der Waals surface area contributed by atoms with E-state index in [4.69, 9.17) is 0 Å². The van der Waals surface area contributed by atoms with E-state index in [-0.39, 0.29) is 24.1 Å². The molecule has 0 saturated carbocycles. The highest BCUT2D eigenvalue weighted by molar-refractivity contribution is 5.99. The zero-order valence-corrected chi connectivity index (χ0v) is 12.8. The number of H-pyrrole nitrogens is 1. The van der Waals surface area contributed by atoms with Crippen molar-refractivity contribution in [2.24, 2.45) is 0 Å². The van der Waals surface area contributed by atoms with Gasteiger partial charge in [0.05, 0.1) is 17.5 Å². The van der Waals surface area contributed by atoms with Crippen molar-refractivity contribution in [3.63, 3.8) is 0 Å². The molecule has 0 spiro atoms. The molecule has 3 rings (SSSR count). The van der Waals surface area contributed by atoms with Crippen molar-refractivity contribution in [3.05, 3.63) is 41.8 Å². The molecule has 1 aromatic heterocycles. The fraction of sp³-hybridized carbons (Fsp3) is 0.333. The third kappa shape index (κ3) is 3.45. The zero-order chi connectivity index (χ0) is 14.7. The molecule has 1 aliphatic rings. The summed E-state index contributed by atoms with van der Waals surface area (Å²) in [5.41, 5.74) is 1.92. The normalized spacial score (nSPS) is 15.0. The highest BCUT2D eigenvalue weighted by Gasteiger charge is 2.22. The van der Waals surface area contributed by atoms with Gasteiger partial charge < -0.3 is 10.2 Å². The van der Waals surface area contributed by atoms with Gasteiger partial charge in [-0.05, 0) is 37.2 Å². The Hall–Kier alpha value is -1.92. The van der Waals surface area contributed by atoms with Crippen LogP contribution in [-0.4, -0.2) is 47.2 Å². The van der Waals surface area contributed by atoms with Gasteiger partial charge in [0.25, 0.3) is 5.91 Å². The first kappa shape index (κ1) is 16.5. The van der Waals surface area contributed by atoms with Gasteiger partial charge in [0, 0.05) is 25.2 Å². The summed E-state index contributed by atoms with van der Waals surface area (Å²) >= 11 is 0. The molecule has 118 valence electrons. The topological polar surface area (TPSA) is 61.0 Å². The highest BCUT2D eigenvalue weighted by atomic mass is 35.5. The minimum absolute atomic E-state index is 0. The fourth-order valence-corrected chi connectivity index (χ4v) is 2.50. The lowest BCUT2D eigenvalue weighted by Crippen LogP contribution is -2.34. The summed E-state index contributed by atoms with van der Waals surface area (Å²) in [4.78, 5) is 14.5. The lowest BCUT2D eigenvalue weighted by molar-refractivity contribution is 0.0767. The van der Waals surface area contributed by atoms with Crippen LogP contribution >= 0.6 is 12.4 Å². The largest absolute Gasteiger partial charge is 0.337 e. The Labute approximate surface area is 134 Å². The van der Waals surface area contributed by atoms with E-state index >= 15 is 0 Å². The molecule has 0 bridgehead atoms. The van der Waals surface area contributed by atoms with E-state index in [1.165, 1.54) is 12.1 Å². The number of hydrogen-bond donors (Lipinski definition) is 2. The number of rotatable bonds is 2. The van der Waals surface area contributed by atoms with Gasteiger partial charge in [-0.15, -0.1) is 12.4 Å². The van der Waals surface area contributed by atoms with E-state index in [1.807, 2.05) is 4.90 Å². The number of carbonyl (C=O) groups excluding carboxylic acids is 1. The molecule has 1 fully saturated rings. The van der Waals surface area contributed by atoms with Gasteiger partial charge in [0.2, 0.25) is 0 Å². The van der Waals surface area contributed by atoms with Gasteiger partial charge >= 0.3 is 0 Å². The van der Waals surface area contributed by atoms with Crippen molar-refractivity contribution < 1.29 is 9.18 Å². The smallest absolute Gasteiger partial charge is 0.257 e. The number of hydrogen-bond acceptors (Lipinski definition) is 3. The molecular weight excluding hydrogens is 307 g/mol. The third-order valence-corrected chi connectivity index (χ3v) is 3.63. The minimum Gasteiger partial charge on any atom is -0.337 e. The second kappa shape index (κ2) is 7.38. The number of nitrogens with one attached hydrogen (secondary N) is 2. The Morgan fingerprint density at radius 2 is 1.95 bits per heavy atom. The molecule has 0 atom stereocenters. The average Bonchev–Trinajstić information content (AvgIpc) is 2.82. The van der Waals surface area contributed by atoms with Crippen LogP contribution in [-0.2, 0) is 0 Å². The molecule has 0 unspecified atom stereocenters. The van der Waals surface area contributed by atoms with Crippen LogP contribution in [0, 0.1) is 5.82 Å². The molecule has 1 saturated heterocycles. The predicted octanol–water partition coefficient (Wildman–Crippen LogP) is 2.07. The number of carbonyl (C=O) groups is 1. The van der Waals surface area contributed by atoms with E-state index in [0.717, 1.165) is 31.6 Å². The molecular formula is C15H18ClFN4O. The van der Waals surface area contributed by atoms with Gasteiger partial charge in [0.1, 0.15) is 5.82 Å². The Morgan fingerprint density at radius 1 is 1.18 bits per heavy atom. The second-order valence-electron chi connectivity index (χ2n) is 5.06. The molecule has 2 N–H and O–H groups in total. The molecule has 2 aromatic rings. The van der Waals surface area contributed by atoms with Crippen LogP contribution in [0.1, 0.15) is 16.8 Å². The maximum atomic E-state index is 13.0. The fourth-order valence-electron chi connectivity index (χ4n) is 2.50. The summed E-state index contributed by atoms with van der Waals surface area (Å²) in [6, 6.07) is 6.04. The van der Waals surface area contributed by atoms with Gasteiger partial charge in [0.15, 0.2) is 0 Å². The van der Waals surface area contributed by atoms with Crippen LogP contribution in [0.2, 0.25) is 0 Å². The number of aromatic nitrogens is 2.